The van der Waals surface area contributed by atoms with Gasteiger partial charge in [-0.05, 0) is 42.0 Å². The molecule has 2 aromatic carbocycles. The van der Waals surface area contributed by atoms with Gasteiger partial charge in [0.05, 0.1) is 22.3 Å². The number of benzene rings is 2. The summed E-state index contributed by atoms with van der Waals surface area (Å²) in [6.07, 6.45) is 1.30. The quantitative estimate of drug-likeness (QED) is 0.678. The molecule has 0 N–H and O–H groups in total. The van der Waals surface area contributed by atoms with E-state index in [-0.39, 0.29) is 12.9 Å². The molecular formula is C21H21Cl2N3O4. The molecule has 3 saturated heterocycles. The Labute approximate surface area is 184 Å². The summed E-state index contributed by atoms with van der Waals surface area (Å²) in [5.41, 5.74) is 2.27. The number of hydrogen-bond donors (Lipinski definition) is 0. The largest absolute Gasteiger partial charge is 0.441 e. The molecule has 0 aliphatic carbocycles. The smallest absolute Gasteiger partial charge is 0.415 e. The van der Waals surface area contributed by atoms with Crippen LogP contribution in [0.1, 0.15) is 18.4 Å². The summed E-state index contributed by atoms with van der Waals surface area (Å²) in [6.45, 7) is 3.31. The third-order valence-electron chi connectivity index (χ3n) is 5.84. The lowest BCUT2D eigenvalue weighted by Gasteiger charge is -2.37. The van der Waals surface area contributed by atoms with E-state index >= 15 is 0 Å². The summed E-state index contributed by atoms with van der Waals surface area (Å²) in [5, 5.41) is 2.48. The van der Waals surface area contributed by atoms with E-state index in [4.69, 9.17) is 37.6 Å². The number of carbonyl (C=O) groups is 1. The van der Waals surface area contributed by atoms with Crippen molar-refractivity contribution in [2.75, 3.05) is 36.6 Å². The minimum absolute atomic E-state index is 0.255. The van der Waals surface area contributed by atoms with E-state index in [0.29, 0.717) is 16.6 Å². The molecule has 0 aromatic heterocycles. The third kappa shape index (κ3) is 3.84. The first-order chi connectivity index (χ1) is 14.5. The Morgan fingerprint density at radius 1 is 0.933 bits per heavy atom. The van der Waals surface area contributed by atoms with Gasteiger partial charge in [-0.25, -0.2) is 14.5 Å². The van der Waals surface area contributed by atoms with Crippen molar-refractivity contribution in [3.63, 3.8) is 0 Å². The normalized spacial score (nSPS) is 21.1. The van der Waals surface area contributed by atoms with Crippen LogP contribution in [-0.4, -0.2) is 43.0 Å². The van der Waals surface area contributed by atoms with E-state index in [1.807, 2.05) is 42.5 Å². The van der Waals surface area contributed by atoms with Gasteiger partial charge in [-0.2, -0.15) is 0 Å². The molecule has 3 aliphatic rings. The van der Waals surface area contributed by atoms with Crippen molar-refractivity contribution >= 4 is 40.7 Å². The van der Waals surface area contributed by atoms with Gasteiger partial charge in [0.15, 0.2) is 0 Å². The average Bonchev–Trinajstić information content (AvgIpc) is 3.02. The van der Waals surface area contributed by atoms with Crippen molar-refractivity contribution in [1.82, 2.24) is 4.90 Å². The van der Waals surface area contributed by atoms with E-state index in [1.54, 1.807) is 4.90 Å². The Morgan fingerprint density at radius 3 is 2.27 bits per heavy atom. The number of carbonyl (C=O) groups excluding carboxylic acids is 1. The van der Waals surface area contributed by atoms with Crippen molar-refractivity contribution in [2.45, 2.75) is 25.0 Å². The van der Waals surface area contributed by atoms with Crippen LogP contribution >= 0.6 is 23.2 Å². The van der Waals surface area contributed by atoms with Gasteiger partial charge in [-0.3, -0.25) is 9.80 Å². The van der Waals surface area contributed by atoms with Crippen LogP contribution in [-0.2, 0) is 21.0 Å². The summed E-state index contributed by atoms with van der Waals surface area (Å²) < 4.78 is 5.86. The fourth-order valence-corrected chi connectivity index (χ4v) is 4.43. The second-order valence-corrected chi connectivity index (χ2v) is 8.63. The lowest BCUT2D eigenvalue weighted by atomic mass is 9.91. The molecule has 30 heavy (non-hydrogen) atoms. The second-order valence-electron chi connectivity index (χ2n) is 7.81. The highest BCUT2D eigenvalue weighted by molar-refractivity contribution is 6.42. The summed E-state index contributed by atoms with van der Waals surface area (Å²) in [6, 6.07) is 13.2. The highest BCUT2D eigenvalue weighted by Gasteiger charge is 2.47. The number of rotatable bonds is 4. The molecule has 5 rings (SSSR count). The molecular weight excluding hydrogens is 429 g/mol. The zero-order valence-corrected chi connectivity index (χ0v) is 17.7. The number of anilines is 2. The number of amides is 1. The number of nitrogens with zero attached hydrogens (tertiary/aromatic N) is 3. The molecule has 1 amide bonds. The van der Waals surface area contributed by atoms with Gasteiger partial charge in [-0.1, -0.05) is 29.3 Å². The van der Waals surface area contributed by atoms with Gasteiger partial charge < -0.3 is 4.74 Å². The molecule has 0 bridgehead atoms. The van der Waals surface area contributed by atoms with Crippen LogP contribution in [0.15, 0.2) is 42.5 Å². The SMILES string of the molecule is O=C1OC2(CCN(Cc3ccc(Cl)c(Cl)c3)CC2)CN1c1ccc(N2OCO2)cc1. The highest BCUT2D eigenvalue weighted by atomic mass is 35.5. The topological polar surface area (TPSA) is 54.5 Å². The summed E-state index contributed by atoms with van der Waals surface area (Å²) >= 11 is 12.1. The third-order valence-corrected chi connectivity index (χ3v) is 6.58. The van der Waals surface area contributed by atoms with Crippen molar-refractivity contribution in [3.05, 3.63) is 58.1 Å². The molecule has 1 spiro atoms. The average molecular weight is 450 g/mol. The standard InChI is InChI=1S/C21H21Cl2N3O4/c22-18-6-1-15(11-19(18)23)12-24-9-7-21(8-10-24)13-25(20(27)30-21)16-2-4-17(5-3-16)26-28-14-29-26/h1-6,11H,7-10,12-14H2. The zero-order chi connectivity index (χ0) is 20.7. The first kappa shape index (κ1) is 19.9. The number of halogens is 2. The maximum atomic E-state index is 12.6. The van der Waals surface area contributed by atoms with Gasteiger partial charge in [0, 0.05) is 38.2 Å². The van der Waals surface area contributed by atoms with Gasteiger partial charge in [0.1, 0.15) is 5.60 Å². The van der Waals surface area contributed by atoms with Crippen LogP contribution in [0.4, 0.5) is 16.2 Å². The number of hydrogen-bond acceptors (Lipinski definition) is 6. The lowest BCUT2D eigenvalue weighted by Crippen LogP contribution is -2.46. The van der Waals surface area contributed by atoms with E-state index in [0.717, 1.165) is 49.4 Å². The van der Waals surface area contributed by atoms with Crippen molar-refractivity contribution in [2.24, 2.45) is 0 Å². The lowest BCUT2D eigenvalue weighted by molar-refractivity contribution is -0.277. The van der Waals surface area contributed by atoms with Crippen LogP contribution in [0.3, 0.4) is 0 Å². The predicted octanol–water partition coefficient (Wildman–Crippen LogP) is 4.63. The Balaban J connectivity index is 1.20. The molecule has 3 heterocycles. The van der Waals surface area contributed by atoms with E-state index in [2.05, 4.69) is 4.90 Å². The van der Waals surface area contributed by atoms with Gasteiger partial charge >= 0.3 is 6.09 Å². The summed E-state index contributed by atoms with van der Waals surface area (Å²) in [7, 11) is 0. The van der Waals surface area contributed by atoms with Crippen LogP contribution in [0.5, 0.6) is 0 Å². The van der Waals surface area contributed by atoms with Crippen LogP contribution < -0.4 is 10.1 Å². The maximum absolute atomic E-state index is 12.6. The fraction of sp³-hybridized carbons (Fsp3) is 0.381. The Hall–Kier alpha value is -2.03. The van der Waals surface area contributed by atoms with Gasteiger partial charge in [0.25, 0.3) is 0 Å². The molecule has 2 aromatic rings. The Morgan fingerprint density at radius 2 is 1.63 bits per heavy atom. The second kappa shape index (κ2) is 7.90. The number of piperidine rings is 1. The minimum Gasteiger partial charge on any atom is -0.441 e. The predicted molar refractivity (Wildman–Crippen MR) is 113 cm³/mol. The molecule has 3 fully saturated rings. The van der Waals surface area contributed by atoms with Gasteiger partial charge in [-0.15, -0.1) is 5.23 Å². The Bertz CT molecular complexity index is 944. The number of ether oxygens (including phenoxy) is 1. The van der Waals surface area contributed by atoms with E-state index in [9.17, 15) is 4.79 Å². The summed E-state index contributed by atoms with van der Waals surface area (Å²) in [5.74, 6) is 0. The molecule has 0 unspecified atom stereocenters. The van der Waals surface area contributed by atoms with Crippen molar-refractivity contribution < 1.29 is 19.2 Å². The molecule has 0 saturated carbocycles. The first-order valence-corrected chi connectivity index (χ1v) is 10.6. The zero-order valence-electron chi connectivity index (χ0n) is 16.2. The molecule has 3 aliphatic heterocycles. The molecule has 158 valence electrons. The van der Waals surface area contributed by atoms with E-state index in [1.165, 1.54) is 5.23 Å². The monoisotopic (exact) mass is 449 g/mol. The highest BCUT2D eigenvalue weighted by Crippen LogP contribution is 2.37. The van der Waals surface area contributed by atoms with E-state index < -0.39 is 5.60 Å². The Kier molecular flexibility index (Phi) is 5.24. The van der Waals surface area contributed by atoms with Crippen LogP contribution in [0.2, 0.25) is 10.0 Å². The molecule has 7 nitrogen and oxygen atoms in total. The maximum Gasteiger partial charge on any atom is 0.415 e. The molecule has 0 atom stereocenters. The van der Waals surface area contributed by atoms with Gasteiger partial charge in [0.2, 0.25) is 6.79 Å². The van der Waals surface area contributed by atoms with Crippen LogP contribution in [0, 0.1) is 0 Å². The van der Waals surface area contributed by atoms with Crippen molar-refractivity contribution in [1.29, 1.82) is 0 Å². The molecule has 9 heteroatoms. The fourth-order valence-electron chi connectivity index (χ4n) is 4.11. The number of likely N-dealkylation sites (tertiary alicyclic amines) is 1. The first-order valence-electron chi connectivity index (χ1n) is 9.84. The summed E-state index contributed by atoms with van der Waals surface area (Å²) in [4.78, 5) is 26.9. The minimum atomic E-state index is -0.437. The molecule has 0 radical (unpaired) electrons. The van der Waals surface area contributed by atoms with Crippen molar-refractivity contribution in [3.8, 4) is 0 Å². The van der Waals surface area contributed by atoms with Crippen LogP contribution in [0.25, 0.3) is 0 Å².